The largest absolute Gasteiger partial charge is 0.495 e. The van der Waals surface area contributed by atoms with Gasteiger partial charge in [0.15, 0.2) is 0 Å². The first-order valence-corrected chi connectivity index (χ1v) is 7.91. The zero-order chi connectivity index (χ0) is 17.7. The summed E-state index contributed by atoms with van der Waals surface area (Å²) in [5.41, 5.74) is 2.22. The van der Waals surface area contributed by atoms with Crippen LogP contribution >= 0.6 is 23.2 Å². The molecule has 2 aromatic rings. The van der Waals surface area contributed by atoms with E-state index in [2.05, 4.69) is 10.6 Å². The Balaban J connectivity index is 2.05. The number of aryl methyl sites for hydroxylation is 1. The van der Waals surface area contributed by atoms with Crippen LogP contribution < -0.4 is 20.1 Å². The van der Waals surface area contributed by atoms with Gasteiger partial charge in [-0.15, -0.1) is 0 Å². The second kappa shape index (κ2) is 8.13. The van der Waals surface area contributed by atoms with E-state index >= 15 is 0 Å². The number of ether oxygens (including phenoxy) is 2. The molecule has 0 unspecified atom stereocenters. The molecule has 1 amide bonds. The monoisotopic (exact) mass is 368 g/mol. The minimum absolute atomic E-state index is 0.0769. The van der Waals surface area contributed by atoms with Crippen LogP contribution in [0.1, 0.15) is 5.56 Å². The topological polar surface area (TPSA) is 59.6 Å². The maximum absolute atomic E-state index is 12.2. The molecule has 0 saturated carbocycles. The molecule has 0 heterocycles. The van der Waals surface area contributed by atoms with Crippen LogP contribution in [0.25, 0.3) is 0 Å². The van der Waals surface area contributed by atoms with Crippen molar-refractivity contribution in [3.05, 3.63) is 45.9 Å². The number of hydrogen-bond donors (Lipinski definition) is 2. The first kappa shape index (κ1) is 18.2. The Morgan fingerprint density at radius 1 is 1.04 bits per heavy atom. The van der Waals surface area contributed by atoms with E-state index < -0.39 is 0 Å². The van der Waals surface area contributed by atoms with Crippen LogP contribution in [0.5, 0.6) is 11.5 Å². The fourth-order valence-electron chi connectivity index (χ4n) is 2.04. The smallest absolute Gasteiger partial charge is 0.243 e. The summed E-state index contributed by atoms with van der Waals surface area (Å²) in [6, 6.07) is 8.72. The average Bonchev–Trinajstić information content (AvgIpc) is 2.57. The number of carbonyl (C=O) groups excluding carboxylic acids is 1. The molecule has 24 heavy (non-hydrogen) atoms. The molecule has 0 radical (unpaired) electrons. The lowest BCUT2D eigenvalue weighted by Crippen LogP contribution is -2.22. The molecule has 0 bridgehead atoms. The van der Waals surface area contributed by atoms with Crippen molar-refractivity contribution in [3.8, 4) is 11.5 Å². The first-order chi connectivity index (χ1) is 11.4. The lowest BCUT2D eigenvalue weighted by atomic mass is 10.2. The second-order valence-electron chi connectivity index (χ2n) is 5.05. The summed E-state index contributed by atoms with van der Waals surface area (Å²) in [7, 11) is 3.00. The molecule has 2 rings (SSSR count). The van der Waals surface area contributed by atoms with Gasteiger partial charge in [-0.1, -0.05) is 29.3 Å². The normalized spacial score (nSPS) is 10.2. The standard InChI is InChI=1S/C17H18Cl2N2O3/c1-10-4-5-11(6-12(10)18)20-9-17(22)21-14-8-15(23-2)13(19)7-16(14)24-3/h4-8,20H,9H2,1-3H3,(H,21,22). The van der Waals surface area contributed by atoms with Gasteiger partial charge in [-0.05, 0) is 24.6 Å². The Bertz CT molecular complexity index is 751. The quantitative estimate of drug-likeness (QED) is 0.794. The number of benzene rings is 2. The van der Waals surface area contributed by atoms with Crippen LogP contribution in [0, 0.1) is 6.92 Å². The third-order valence-electron chi connectivity index (χ3n) is 3.37. The number of amides is 1. The summed E-state index contributed by atoms with van der Waals surface area (Å²) in [5.74, 6) is 0.660. The highest BCUT2D eigenvalue weighted by atomic mass is 35.5. The zero-order valence-electron chi connectivity index (χ0n) is 13.6. The molecule has 0 aliphatic heterocycles. The summed E-state index contributed by atoms with van der Waals surface area (Å²) in [6.07, 6.45) is 0. The molecule has 0 aliphatic rings. The maximum atomic E-state index is 12.2. The van der Waals surface area contributed by atoms with Crippen LogP contribution in [0.3, 0.4) is 0 Å². The van der Waals surface area contributed by atoms with E-state index in [9.17, 15) is 4.79 Å². The van der Waals surface area contributed by atoms with E-state index in [0.717, 1.165) is 11.3 Å². The van der Waals surface area contributed by atoms with E-state index in [4.69, 9.17) is 32.7 Å². The average molecular weight is 369 g/mol. The van der Waals surface area contributed by atoms with Gasteiger partial charge in [0.25, 0.3) is 0 Å². The maximum Gasteiger partial charge on any atom is 0.243 e. The fraction of sp³-hybridized carbons (Fsp3) is 0.235. The molecule has 0 saturated heterocycles. The first-order valence-electron chi connectivity index (χ1n) is 7.16. The number of anilines is 2. The van der Waals surface area contributed by atoms with Crippen LogP contribution in [-0.4, -0.2) is 26.7 Å². The van der Waals surface area contributed by atoms with Crippen LogP contribution in [0.2, 0.25) is 10.0 Å². The van der Waals surface area contributed by atoms with E-state index in [1.165, 1.54) is 14.2 Å². The Hall–Kier alpha value is -2.11. The lowest BCUT2D eigenvalue weighted by Gasteiger charge is -2.14. The van der Waals surface area contributed by atoms with Crippen LogP contribution in [0.15, 0.2) is 30.3 Å². The van der Waals surface area contributed by atoms with E-state index in [1.54, 1.807) is 18.2 Å². The number of rotatable bonds is 6. The zero-order valence-corrected chi connectivity index (χ0v) is 15.1. The molecule has 0 aliphatic carbocycles. The summed E-state index contributed by atoms with van der Waals surface area (Å²) in [5, 5.41) is 6.82. The third kappa shape index (κ3) is 4.46. The summed E-state index contributed by atoms with van der Waals surface area (Å²) in [6.45, 7) is 1.99. The molecule has 5 nitrogen and oxygen atoms in total. The Labute approximate surface area is 150 Å². The van der Waals surface area contributed by atoms with Crippen molar-refractivity contribution < 1.29 is 14.3 Å². The molecule has 0 aromatic heterocycles. The molecule has 0 atom stereocenters. The SMILES string of the molecule is COc1cc(NC(=O)CNc2ccc(C)c(Cl)c2)c(OC)cc1Cl. The van der Waals surface area contributed by atoms with Gasteiger partial charge in [0.1, 0.15) is 11.5 Å². The molecular formula is C17H18Cl2N2O3. The predicted octanol–water partition coefficient (Wildman–Crippen LogP) is 4.37. The van der Waals surface area contributed by atoms with Gasteiger partial charge in [0, 0.05) is 22.8 Å². The van der Waals surface area contributed by atoms with Crippen molar-refractivity contribution in [2.75, 3.05) is 31.4 Å². The van der Waals surface area contributed by atoms with Crippen LogP contribution in [-0.2, 0) is 4.79 Å². The summed E-state index contributed by atoms with van der Waals surface area (Å²) in [4.78, 5) is 12.2. The Morgan fingerprint density at radius 2 is 1.75 bits per heavy atom. The van der Waals surface area contributed by atoms with Gasteiger partial charge in [-0.25, -0.2) is 0 Å². The Kier molecular flexibility index (Phi) is 6.17. The molecule has 0 fully saturated rings. The van der Waals surface area contributed by atoms with Gasteiger partial charge < -0.3 is 20.1 Å². The van der Waals surface area contributed by atoms with Crippen LogP contribution in [0.4, 0.5) is 11.4 Å². The molecule has 2 aromatic carbocycles. The number of halogens is 2. The Morgan fingerprint density at radius 3 is 2.38 bits per heavy atom. The fourth-order valence-corrected chi connectivity index (χ4v) is 2.45. The molecular weight excluding hydrogens is 351 g/mol. The van der Waals surface area contributed by atoms with Gasteiger partial charge in [-0.2, -0.15) is 0 Å². The van der Waals surface area contributed by atoms with Gasteiger partial charge in [0.05, 0.1) is 31.5 Å². The number of nitrogens with one attached hydrogen (secondary N) is 2. The summed E-state index contributed by atoms with van der Waals surface area (Å²) >= 11 is 12.1. The van der Waals surface area contributed by atoms with Gasteiger partial charge >= 0.3 is 0 Å². The van der Waals surface area contributed by atoms with Crippen molar-refractivity contribution >= 4 is 40.5 Å². The summed E-state index contributed by atoms with van der Waals surface area (Å²) < 4.78 is 10.4. The van der Waals surface area contributed by atoms with Crippen molar-refractivity contribution in [2.24, 2.45) is 0 Å². The van der Waals surface area contributed by atoms with Crippen molar-refractivity contribution in [3.63, 3.8) is 0 Å². The van der Waals surface area contributed by atoms with Gasteiger partial charge in [0.2, 0.25) is 5.91 Å². The highest BCUT2D eigenvalue weighted by Crippen LogP contribution is 2.35. The van der Waals surface area contributed by atoms with Crippen molar-refractivity contribution in [1.82, 2.24) is 0 Å². The minimum Gasteiger partial charge on any atom is -0.495 e. The molecule has 0 spiro atoms. The number of carbonyl (C=O) groups is 1. The molecule has 2 N–H and O–H groups in total. The highest BCUT2D eigenvalue weighted by Gasteiger charge is 2.12. The van der Waals surface area contributed by atoms with E-state index in [0.29, 0.717) is 27.2 Å². The number of hydrogen-bond acceptors (Lipinski definition) is 4. The minimum atomic E-state index is -0.241. The second-order valence-corrected chi connectivity index (χ2v) is 5.87. The predicted molar refractivity (Wildman–Crippen MR) is 97.9 cm³/mol. The highest BCUT2D eigenvalue weighted by molar-refractivity contribution is 6.32. The molecule has 7 heteroatoms. The third-order valence-corrected chi connectivity index (χ3v) is 4.08. The van der Waals surface area contributed by atoms with Crippen molar-refractivity contribution in [2.45, 2.75) is 6.92 Å². The van der Waals surface area contributed by atoms with Crippen molar-refractivity contribution in [1.29, 1.82) is 0 Å². The molecule has 128 valence electrons. The van der Waals surface area contributed by atoms with Gasteiger partial charge in [-0.3, -0.25) is 4.79 Å². The van der Waals surface area contributed by atoms with E-state index in [1.807, 2.05) is 19.1 Å². The van der Waals surface area contributed by atoms with E-state index in [-0.39, 0.29) is 12.5 Å². The number of methoxy groups -OCH3 is 2. The lowest BCUT2D eigenvalue weighted by molar-refractivity contribution is -0.114.